The molecule has 21 heavy (non-hydrogen) atoms. The second-order valence-electron chi connectivity index (χ2n) is 5.93. The van der Waals surface area contributed by atoms with Gasteiger partial charge < -0.3 is 5.73 Å². The standard InChI is InChI=1S/C18H23ClN2/c1-14(15-8-7-11-17(19)12-15)21(3)13-18(2,20)16-9-5-4-6-10-16/h4-12,14H,13,20H2,1-3H3. The molecule has 0 spiro atoms. The van der Waals surface area contributed by atoms with Crippen molar-refractivity contribution in [1.29, 1.82) is 0 Å². The average Bonchev–Trinajstić information content (AvgIpc) is 2.47. The Morgan fingerprint density at radius 1 is 1.14 bits per heavy atom. The van der Waals surface area contributed by atoms with Crippen LogP contribution in [0.4, 0.5) is 0 Å². The summed E-state index contributed by atoms with van der Waals surface area (Å²) in [4.78, 5) is 2.26. The van der Waals surface area contributed by atoms with Crippen LogP contribution in [0.3, 0.4) is 0 Å². The van der Waals surface area contributed by atoms with E-state index in [0.717, 1.165) is 17.1 Å². The molecule has 0 saturated carbocycles. The second-order valence-corrected chi connectivity index (χ2v) is 6.37. The summed E-state index contributed by atoms with van der Waals surface area (Å²) in [5.74, 6) is 0. The third kappa shape index (κ3) is 4.07. The van der Waals surface area contributed by atoms with Crippen molar-refractivity contribution in [1.82, 2.24) is 4.90 Å². The minimum absolute atomic E-state index is 0.260. The molecule has 2 nitrogen and oxygen atoms in total. The van der Waals surface area contributed by atoms with Gasteiger partial charge in [-0.3, -0.25) is 4.90 Å². The molecule has 2 aromatic rings. The molecular weight excluding hydrogens is 280 g/mol. The average molecular weight is 303 g/mol. The molecule has 0 aliphatic heterocycles. The summed E-state index contributed by atoms with van der Waals surface area (Å²) in [5.41, 5.74) is 8.48. The van der Waals surface area contributed by atoms with Crippen LogP contribution in [0.2, 0.25) is 5.02 Å². The molecule has 3 heteroatoms. The van der Waals surface area contributed by atoms with E-state index in [4.69, 9.17) is 17.3 Å². The van der Waals surface area contributed by atoms with Crippen molar-refractivity contribution < 1.29 is 0 Å². The van der Waals surface area contributed by atoms with E-state index in [1.54, 1.807) is 0 Å². The summed E-state index contributed by atoms with van der Waals surface area (Å²) >= 11 is 6.08. The summed E-state index contributed by atoms with van der Waals surface area (Å²) in [7, 11) is 2.10. The normalized spacial score (nSPS) is 15.7. The number of hydrogen-bond donors (Lipinski definition) is 1. The maximum atomic E-state index is 6.52. The van der Waals surface area contributed by atoms with Crippen LogP contribution in [0.5, 0.6) is 0 Å². The first-order valence-electron chi connectivity index (χ1n) is 7.20. The third-order valence-corrected chi connectivity index (χ3v) is 4.24. The Hall–Kier alpha value is -1.35. The SMILES string of the molecule is CC(c1cccc(Cl)c1)N(C)CC(C)(N)c1ccccc1. The Bertz CT molecular complexity index is 581. The van der Waals surface area contributed by atoms with Crippen LogP contribution in [0.1, 0.15) is 31.0 Å². The lowest BCUT2D eigenvalue weighted by Crippen LogP contribution is -2.44. The van der Waals surface area contributed by atoms with Crippen LogP contribution in [0, 0.1) is 0 Å². The van der Waals surface area contributed by atoms with E-state index in [0.29, 0.717) is 0 Å². The van der Waals surface area contributed by atoms with E-state index in [1.165, 1.54) is 5.56 Å². The molecule has 0 amide bonds. The Morgan fingerprint density at radius 2 is 1.81 bits per heavy atom. The Kier molecular flexibility index (Phi) is 5.04. The van der Waals surface area contributed by atoms with Gasteiger partial charge in [-0.2, -0.15) is 0 Å². The molecule has 112 valence electrons. The van der Waals surface area contributed by atoms with Crippen molar-refractivity contribution in [2.24, 2.45) is 5.73 Å². The fourth-order valence-electron chi connectivity index (χ4n) is 2.59. The number of nitrogens with two attached hydrogens (primary N) is 1. The number of likely N-dealkylation sites (N-methyl/N-ethyl adjacent to an activating group) is 1. The number of benzene rings is 2. The van der Waals surface area contributed by atoms with E-state index in [-0.39, 0.29) is 11.6 Å². The van der Waals surface area contributed by atoms with Gasteiger partial charge in [0, 0.05) is 17.6 Å². The highest BCUT2D eigenvalue weighted by molar-refractivity contribution is 6.30. The van der Waals surface area contributed by atoms with Crippen LogP contribution < -0.4 is 5.73 Å². The summed E-state index contributed by atoms with van der Waals surface area (Å²) in [5, 5.41) is 0.770. The van der Waals surface area contributed by atoms with Gasteiger partial charge in [0.1, 0.15) is 0 Å². The monoisotopic (exact) mass is 302 g/mol. The van der Waals surface area contributed by atoms with Crippen molar-refractivity contribution in [3.8, 4) is 0 Å². The van der Waals surface area contributed by atoms with Gasteiger partial charge in [-0.15, -0.1) is 0 Å². The summed E-state index contributed by atoms with van der Waals surface area (Å²) in [6.45, 7) is 5.01. The largest absolute Gasteiger partial charge is 0.321 e. The fourth-order valence-corrected chi connectivity index (χ4v) is 2.78. The van der Waals surface area contributed by atoms with Gasteiger partial charge in [-0.25, -0.2) is 0 Å². The maximum absolute atomic E-state index is 6.52. The first-order valence-corrected chi connectivity index (χ1v) is 7.58. The van der Waals surface area contributed by atoms with Crippen LogP contribution in [0.25, 0.3) is 0 Å². The van der Waals surface area contributed by atoms with Crippen molar-refractivity contribution in [3.63, 3.8) is 0 Å². The molecule has 0 saturated heterocycles. The number of halogens is 1. The molecule has 0 radical (unpaired) electrons. The molecular formula is C18H23ClN2. The molecule has 0 aliphatic rings. The van der Waals surface area contributed by atoms with E-state index >= 15 is 0 Å². The van der Waals surface area contributed by atoms with Crippen molar-refractivity contribution >= 4 is 11.6 Å². The van der Waals surface area contributed by atoms with Gasteiger partial charge in [0.2, 0.25) is 0 Å². The predicted octanol–water partition coefficient (Wildman–Crippen LogP) is 4.21. The number of hydrogen-bond acceptors (Lipinski definition) is 2. The lowest BCUT2D eigenvalue weighted by Gasteiger charge is -2.34. The van der Waals surface area contributed by atoms with Crippen LogP contribution in [0.15, 0.2) is 54.6 Å². The van der Waals surface area contributed by atoms with Gasteiger partial charge >= 0.3 is 0 Å². The smallest absolute Gasteiger partial charge is 0.0510 e. The first-order chi connectivity index (χ1) is 9.90. The van der Waals surface area contributed by atoms with Crippen molar-refractivity contribution in [2.45, 2.75) is 25.4 Å². The molecule has 0 bridgehead atoms. The first kappa shape index (κ1) is 16.0. The molecule has 0 aliphatic carbocycles. The maximum Gasteiger partial charge on any atom is 0.0510 e. The molecule has 2 unspecified atom stereocenters. The highest BCUT2D eigenvalue weighted by Gasteiger charge is 2.25. The number of nitrogens with zero attached hydrogens (tertiary/aromatic N) is 1. The molecule has 0 fully saturated rings. The van der Waals surface area contributed by atoms with Crippen LogP contribution >= 0.6 is 11.6 Å². The minimum Gasteiger partial charge on any atom is -0.321 e. The van der Waals surface area contributed by atoms with Gasteiger partial charge in [-0.05, 0) is 44.2 Å². The number of rotatable bonds is 5. The van der Waals surface area contributed by atoms with Gasteiger partial charge in [-0.1, -0.05) is 54.1 Å². The van der Waals surface area contributed by atoms with E-state index in [1.807, 2.05) is 36.4 Å². The van der Waals surface area contributed by atoms with E-state index in [9.17, 15) is 0 Å². The van der Waals surface area contributed by atoms with Crippen molar-refractivity contribution in [2.75, 3.05) is 13.6 Å². The molecule has 2 rings (SSSR count). The molecule has 2 N–H and O–H groups in total. The van der Waals surface area contributed by atoms with E-state index < -0.39 is 0 Å². The quantitative estimate of drug-likeness (QED) is 0.896. The summed E-state index contributed by atoms with van der Waals surface area (Å²) in [6.07, 6.45) is 0. The lowest BCUT2D eigenvalue weighted by atomic mass is 9.92. The Morgan fingerprint density at radius 3 is 2.43 bits per heavy atom. The molecule has 2 aromatic carbocycles. The Labute approximate surface area is 132 Å². The molecule has 0 heterocycles. The zero-order valence-electron chi connectivity index (χ0n) is 12.9. The highest BCUT2D eigenvalue weighted by atomic mass is 35.5. The van der Waals surface area contributed by atoms with Crippen molar-refractivity contribution in [3.05, 3.63) is 70.7 Å². The van der Waals surface area contributed by atoms with Crippen LogP contribution in [-0.4, -0.2) is 18.5 Å². The zero-order chi connectivity index (χ0) is 15.5. The second kappa shape index (κ2) is 6.61. The molecule has 2 atom stereocenters. The third-order valence-electron chi connectivity index (χ3n) is 4.00. The topological polar surface area (TPSA) is 29.3 Å². The van der Waals surface area contributed by atoms with E-state index in [2.05, 4.69) is 44.0 Å². The Balaban J connectivity index is 2.12. The summed E-state index contributed by atoms with van der Waals surface area (Å²) < 4.78 is 0. The minimum atomic E-state index is -0.386. The fraction of sp³-hybridized carbons (Fsp3) is 0.333. The van der Waals surface area contributed by atoms with Gasteiger partial charge in [0.05, 0.1) is 5.54 Å². The lowest BCUT2D eigenvalue weighted by molar-refractivity contribution is 0.207. The predicted molar refractivity (Wildman–Crippen MR) is 90.5 cm³/mol. The zero-order valence-corrected chi connectivity index (χ0v) is 13.6. The van der Waals surface area contributed by atoms with Crippen LogP contribution in [-0.2, 0) is 5.54 Å². The van der Waals surface area contributed by atoms with Gasteiger partial charge in [0.25, 0.3) is 0 Å². The summed E-state index contributed by atoms with van der Waals surface area (Å²) in [6, 6.07) is 18.5. The highest BCUT2D eigenvalue weighted by Crippen LogP contribution is 2.25. The molecule has 0 aromatic heterocycles. The van der Waals surface area contributed by atoms with Gasteiger partial charge in [0.15, 0.2) is 0 Å².